The molecule has 0 atom stereocenters. The molecule has 8 heteroatoms. The van der Waals surface area contributed by atoms with Gasteiger partial charge in [0.1, 0.15) is 11.5 Å². The Morgan fingerprint density at radius 2 is 2.09 bits per heavy atom. The van der Waals surface area contributed by atoms with Gasteiger partial charge in [-0.15, -0.1) is 11.3 Å². The van der Waals surface area contributed by atoms with E-state index in [1.165, 1.54) is 34.1 Å². The molecule has 0 bridgehead atoms. The second-order valence-electron chi connectivity index (χ2n) is 4.79. The Kier molecular flexibility index (Phi) is 4.33. The van der Waals surface area contributed by atoms with E-state index >= 15 is 0 Å². The van der Waals surface area contributed by atoms with Gasteiger partial charge in [0, 0.05) is 18.1 Å². The van der Waals surface area contributed by atoms with Crippen molar-refractivity contribution in [3.8, 4) is 0 Å². The van der Waals surface area contributed by atoms with Gasteiger partial charge in [0.2, 0.25) is 5.91 Å². The number of aromatic nitrogens is 2. The van der Waals surface area contributed by atoms with E-state index in [2.05, 4.69) is 15.6 Å². The first kappa shape index (κ1) is 15.2. The lowest BCUT2D eigenvalue weighted by atomic mass is 10.2. The number of nitrogens with zero attached hydrogens (tertiary/aromatic N) is 2. The van der Waals surface area contributed by atoms with Gasteiger partial charge in [-0.3, -0.25) is 14.0 Å². The molecule has 2 heterocycles. The molecule has 0 aliphatic rings. The van der Waals surface area contributed by atoms with E-state index in [0.29, 0.717) is 11.5 Å². The highest BCUT2D eigenvalue weighted by atomic mass is 32.1. The number of rotatable bonds is 5. The van der Waals surface area contributed by atoms with Crippen LogP contribution in [0.25, 0.3) is 4.96 Å². The summed E-state index contributed by atoms with van der Waals surface area (Å²) in [5.41, 5.74) is 0.807. The van der Waals surface area contributed by atoms with Crippen LogP contribution in [0.1, 0.15) is 5.56 Å². The molecule has 23 heavy (non-hydrogen) atoms. The minimum Gasteiger partial charge on any atom is -0.370 e. The average molecular weight is 332 g/mol. The van der Waals surface area contributed by atoms with Crippen molar-refractivity contribution in [3.05, 3.63) is 63.8 Å². The molecule has 2 aromatic heterocycles. The predicted molar refractivity (Wildman–Crippen MR) is 86.1 cm³/mol. The predicted octanol–water partition coefficient (Wildman–Crippen LogP) is 1.62. The summed E-state index contributed by atoms with van der Waals surface area (Å²) in [6.07, 6.45) is 3.05. The molecular weight excluding hydrogens is 319 g/mol. The second kappa shape index (κ2) is 6.57. The van der Waals surface area contributed by atoms with Crippen LogP contribution in [0, 0.1) is 5.82 Å². The fraction of sp³-hybridized carbons (Fsp3) is 0.133. The molecule has 0 aliphatic carbocycles. The third-order valence-electron chi connectivity index (χ3n) is 3.19. The highest BCUT2D eigenvalue weighted by Crippen LogP contribution is 2.07. The zero-order valence-corrected chi connectivity index (χ0v) is 12.8. The highest BCUT2D eigenvalue weighted by molar-refractivity contribution is 7.15. The van der Waals surface area contributed by atoms with E-state index < -0.39 is 0 Å². The highest BCUT2D eigenvalue weighted by Gasteiger charge is 2.07. The molecule has 0 radical (unpaired) electrons. The summed E-state index contributed by atoms with van der Waals surface area (Å²) in [6, 6.07) is 5.87. The number of amides is 1. The lowest BCUT2D eigenvalue weighted by molar-refractivity contribution is -0.119. The third kappa shape index (κ3) is 3.54. The van der Waals surface area contributed by atoms with Crippen molar-refractivity contribution >= 4 is 27.9 Å². The average Bonchev–Trinajstić information content (AvgIpc) is 3.03. The van der Waals surface area contributed by atoms with E-state index in [0.717, 1.165) is 5.56 Å². The fourth-order valence-corrected chi connectivity index (χ4v) is 2.66. The number of anilines is 1. The summed E-state index contributed by atoms with van der Waals surface area (Å²) in [5.74, 6) is -0.595. The SMILES string of the molecule is O=C(CNc1cnc2sccn2c1=O)NCc1ccc(F)cc1. The van der Waals surface area contributed by atoms with Gasteiger partial charge in [-0.1, -0.05) is 12.1 Å². The standard InChI is InChI=1S/C15H13FN4O2S/c16-11-3-1-10(2-4-11)7-18-13(21)9-17-12-8-19-15-20(14(12)22)5-6-23-15/h1-6,8,17H,7,9H2,(H,18,21). The molecular formula is C15H13FN4O2S. The van der Waals surface area contributed by atoms with Crippen molar-refractivity contribution in [2.75, 3.05) is 11.9 Å². The van der Waals surface area contributed by atoms with Gasteiger partial charge in [-0.05, 0) is 17.7 Å². The van der Waals surface area contributed by atoms with E-state index in [9.17, 15) is 14.0 Å². The van der Waals surface area contributed by atoms with Crippen LogP contribution in [0.15, 0.2) is 46.8 Å². The molecule has 0 aliphatic heterocycles. The Labute approximate surface area is 134 Å². The topological polar surface area (TPSA) is 75.5 Å². The monoisotopic (exact) mass is 332 g/mol. The first-order valence-electron chi connectivity index (χ1n) is 6.83. The minimum atomic E-state index is -0.321. The van der Waals surface area contributed by atoms with Crippen LogP contribution in [-0.2, 0) is 11.3 Å². The lowest BCUT2D eigenvalue weighted by Gasteiger charge is -2.07. The Bertz CT molecular complexity index is 888. The van der Waals surface area contributed by atoms with Gasteiger partial charge in [0.05, 0.1) is 12.7 Å². The third-order valence-corrected chi connectivity index (χ3v) is 3.96. The first-order chi connectivity index (χ1) is 11.1. The van der Waals surface area contributed by atoms with Crippen LogP contribution >= 0.6 is 11.3 Å². The number of thiazole rings is 1. The number of benzene rings is 1. The minimum absolute atomic E-state index is 0.0473. The molecule has 0 saturated heterocycles. The molecule has 118 valence electrons. The van der Waals surface area contributed by atoms with Crippen molar-refractivity contribution in [1.29, 1.82) is 0 Å². The second-order valence-corrected chi connectivity index (χ2v) is 5.66. The zero-order valence-electron chi connectivity index (χ0n) is 12.0. The normalized spacial score (nSPS) is 10.7. The van der Waals surface area contributed by atoms with Crippen LogP contribution in [0.4, 0.5) is 10.1 Å². The van der Waals surface area contributed by atoms with Crippen molar-refractivity contribution in [1.82, 2.24) is 14.7 Å². The van der Waals surface area contributed by atoms with Gasteiger partial charge in [0.25, 0.3) is 5.56 Å². The Morgan fingerprint density at radius 1 is 1.30 bits per heavy atom. The lowest BCUT2D eigenvalue weighted by Crippen LogP contribution is -2.31. The Hall–Kier alpha value is -2.74. The molecule has 2 N–H and O–H groups in total. The summed E-state index contributed by atoms with van der Waals surface area (Å²) in [6.45, 7) is 0.246. The van der Waals surface area contributed by atoms with E-state index in [1.54, 1.807) is 23.7 Å². The summed E-state index contributed by atoms with van der Waals surface area (Å²) in [7, 11) is 0. The number of hydrogen-bond donors (Lipinski definition) is 2. The molecule has 1 aromatic carbocycles. The zero-order chi connectivity index (χ0) is 16.2. The van der Waals surface area contributed by atoms with Gasteiger partial charge in [-0.2, -0.15) is 0 Å². The Morgan fingerprint density at radius 3 is 2.87 bits per heavy atom. The van der Waals surface area contributed by atoms with E-state index in [4.69, 9.17) is 0 Å². The number of carbonyl (C=O) groups is 1. The maximum Gasteiger partial charge on any atom is 0.281 e. The molecule has 3 rings (SSSR count). The van der Waals surface area contributed by atoms with Crippen LogP contribution in [0.5, 0.6) is 0 Å². The van der Waals surface area contributed by atoms with Crippen LogP contribution in [0.3, 0.4) is 0 Å². The summed E-state index contributed by atoms with van der Waals surface area (Å²) in [5, 5.41) is 7.23. The van der Waals surface area contributed by atoms with Gasteiger partial charge in [0.15, 0.2) is 4.96 Å². The summed E-state index contributed by atoms with van der Waals surface area (Å²) in [4.78, 5) is 28.7. The Balaban J connectivity index is 1.56. The molecule has 1 amide bonds. The maximum atomic E-state index is 12.8. The molecule has 0 unspecified atom stereocenters. The van der Waals surface area contributed by atoms with Crippen LogP contribution in [-0.4, -0.2) is 21.8 Å². The molecule has 6 nitrogen and oxygen atoms in total. The first-order valence-corrected chi connectivity index (χ1v) is 7.71. The molecule has 0 fully saturated rings. The smallest absolute Gasteiger partial charge is 0.281 e. The van der Waals surface area contributed by atoms with E-state index in [1.807, 2.05) is 0 Å². The summed E-state index contributed by atoms with van der Waals surface area (Å²) >= 11 is 1.36. The van der Waals surface area contributed by atoms with Crippen molar-refractivity contribution in [2.45, 2.75) is 6.54 Å². The largest absolute Gasteiger partial charge is 0.370 e. The number of hydrogen-bond acceptors (Lipinski definition) is 5. The van der Waals surface area contributed by atoms with E-state index in [-0.39, 0.29) is 29.5 Å². The van der Waals surface area contributed by atoms with Crippen molar-refractivity contribution < 1.29 is 9.18 Å². The molecule has 0 saturated carbocycles. The number of carbonyl (C=O) groups excluding carboxylic acids is 1. The van der Waals surface area contributed by atoms with Gasteiger partial charge < -0.3 is 10.6 Å². The van der Waals surface area contributed by atoms with Crippen LogP contribution < -0.4 is 16.2 Å². The quantitative estimate of drug-likeness (QED) is 0.744. The molecule has 0 spiro atoms. The number of halogens is 1. The van der Waals surface area contributed by atoms with Crippen molar-refractivity contribution in [2.24, 2.45) is 0 Å². The molecule has 3 aromatic rings. The fourth-order valence-electron chi connectivity index (χ4n) is 1.99. The number of nitrogens with one attached hydrogen (secondary N) is 2. The van der Waals surface area contributed by atoms with Crippen molar-refractivity contribution in [3.63, 3.8) is 0 Å². The van der Waals surface area contributed by atoms with Gasteiger partial charge >= 0.3 is 0 Å². The van der Waals surface area contributed by atoms with Gasteiger partial charge in [-0.25, -0.2) is 9.37 Å². The number of fused-ring (bicyclic) bond motifs is 1. The maximum absolute atomic E-state index is 12.8. The van der Waals surface area contributed by atoms with Crippen LogP contribution in [0.2, 0.25) is 0 Å². The summed E-state index contributed by atoms with van der Waals surface area (Å²) < 4.78 is 14.2.